The van der Waals surface area contributed by atoms with E-state index in [0.717, 1.165) is 11.1 Å². The van der Waals surface area contributed by atoms with Gasteiger partial charge in [-0.3, -0.25) is 0 Å². The van der Waals surface area contributed by atoms with Crippen molar-refractivity contribution in [2.24, 2.45) is 0 Å². The Morgan fingerprint density at radius 1 is 1.20 bits per heavy atom. The Bertz CT molecular complexity index is 502. The minimum absolute atomic E-state index is 0.133. The van der Waals surface area contributed by atoms with Crippen LogP contribution in [-0.2, 0) is 0 Å². The highest BCUT2D eigenvalue weighted by Crippen LogP contribution is 2.23. The van der Waals surface area contributed by atoms with Crippen LogP contribution in [0.15, 0.2) is 36.5 Å². The van der Waals surface area contributed by atoms with E-state index in [2.05, 4.69) is 4.98 Å². The second-order valence-corrected chi connectivity index (χ2v) is 3.16. The molecular weight excluding hydrogens is 194 g/mol. The summed E-state index contributed by atoms with van der Waals surface area (Å²) in [5, 5.41) is 18.0. The predicted octanol–water partition coefficient (Wildman–Crippen LogP) is 2.09. The van der Waals surface area contributed by atoms with Crippen LogP contribution in [0.1, 0.15) is 10.5 Å². The molecule has 76 valence electrons. The predicted molar refractivity (Wildman–Crippen MR) is 54.9 cm³/mol. The standard InChI is InChI=1S/C11H9NO3/c13-9-3-1-2-7(4-9)8-5-10(11(14)15)12-6-8/h1-6,12-13H,(H,14,15). The van der Waals surface area contributed by atoms with Crippen molar-refractivity contribution in [2.45, 2.75) is 0 Å². The highest BCUT2D eigenvalue weighted by molar-refractivity contribution is 5.87. The molecule has 0 saturated carbocycles. The Balaban J connectivity index is 2.41. The lowest BCUT2D eigenvalue weighted by molar-refractivity contribution is 0.0691. The number of aromatic hydroxyl groups is 1. The molecule has 1 aromatic carbocycles. The van der Waals surface area contributed by atoms with Gasteiger partial charge in [-0.1, -0.05) is 12.1 Å². The quantitative estimate of drug-likeness (QED) is 0.699. The van der Waals surface area contributed by atoms with Crippen LogP contribution in [0, 0.1) is 0 Å². The summed E-state index contributed by atoms with van der Waals surface area (Å²) in [6, 6.07) is 8.17. The van der Waals surface area contributed by atoms with Crippen LogP contribution in [0.4, 0.5) is 0 Å². The summed E-state index contributed by atoms with van der Waals surface area (Å²) in [6.07, 6.45) is 1.60. The molecule has 0 spiro atoms. The molecule has 0 aliphatic heterocycles. The number of phenols is 1. The molecule has 0 aliphatic carbocycles. The average Bonchev–Trinajstić information content (AvgIpc) is 2.66. The summed E-state index contributed by atoms with van der Waals surface area (Å²) in [4.78, 5) is 13.3. The summed E-state index contributed by atoms with van der Waals surface area (Å²) in [6.45, 7) is 0. The number of aromatic nitrogens is 1. The summed E-state index contributed by atoms with van der Waals surface area (Å²) >= 11 is 0. The number of aromatic amines is 1. The zero-order chi connectivity index (χ0) is 10.8. The van der Waals surface area contributed by atoms with Crippen molar-refractivity contribution in [3.63, 3.8) is 0 Å². The molecule has 4 heteroatoms. The summed E-state index contributed by atoms with van der Waals surface area (Å²) in [5.41, 5.74) is 1.65. The van der Waals surface area contributed by atoms with Gasteiger partial charge >= 0.3 is 5.97 Å². The van der Waals surface area contributed by atoms with Gasteiger partial charge < -0.3 is 15.2 Å². The van der Waals surface area contributed by atoms with Gasteiger partial charge in [-0.25, -0.2) is 4.79 Å². The molecule has 0 unspecified atom stereocenters. The highest BCUT2D eigenvalue weighted by Gasteiger charge is 2.07. The van der Waals surface area contributed by atoms with E-state index in [0.29, 0.717) is 0 Å². The largest absolute Gasteiger partial charge is 0.508 e. The fourth-order valence-corrected chi connectivity index (χ4v) is 1.37. The topological polar surface area (TPSA) is 73.3 Å². The third-order valence-corrected chi connectivity index (χ3v) is 2.09. The molecule has 0 aliphatic rings. The SMILES string of the molecule is O=C(O)c1cc(-c2cccc(O)c2)c[nH]1. The van der Waals surface area contributed by atoms with Crippen LogP contribution in [-0.4, -0.2) is 21.2 Å². The minimum atomic E-state index is -0.999. The van der Waals surface area contributed by atoms with E-state index in [4.69, 9.17) is 5.11 Å². The molecule has 4 nitrogen and oxygen atoms in total. The average molecular weight is 203 g/mol. The Morgan fingerprint density at radius 2 is 2.00 bits per heavy atom. The normalized spacial score (nSPS) is 10.1. The summed E-state index contributed by atoms with van der Waals surface area (Å²) in [5.74, 6) is -0.841. The van der Waals surface area contributed by atoms with Gasteiger partial charge in [0.2, 0.25) is 0 Å². The maximum atomic E-state index is 10.6. The van der Waals surface area contributed by atoms with Gasteiger partial charge in [0, 0.05) is 11.8 Å². The zero-order valence-corrected chi connectivity index (χ0v) is 7.77. The first-order valence-electron chi connectivity index (χ1n) is 4.38. The third-order valence-electron chi connectivity index (χ3n) is 2.09. The van der Waals surface area contributed by atoms with Crippen molar-refractivity contribution < 1.29 is 15.0 Å². The Kier molecular flexibility index (Phi) is 2.17. The summed E-state index contributed by atoms with van der Waals surface area (Å²) < 4.78 is 0. The molecule has 0 radical (unpaired) electrons. The first-order valence-corrected chi connectivity index (χ1v) is 4.38. The van der Waals surface area contributed by atoms with Crippen LogP contribution in [0.3, 0.4) is 0 Å². The lowest BCUT2D eigenvalue weighted by Gasteiger charge is -1.97. The van der Waals surface area contributed by atoms with E-state index >= 15 is 0 Å². The molecular formula is C11H9NO3. The Labute approximate surface area is 85.8 Å². The van der Waals surface area contributed by atoms with Crippen molar-refractivity contribution in [2.75, 3.05) is 0 Å². The van der Waals surface area contributed by atoms with Crippen molar-refractivity contribution in [3.8, 4) is 16.9 Å². The molecule has 2 rings (SSSR count). The lowest BCUT2D eigenvalue weighted by Crippen LogP contribution is -1.94. The fraction of sp³-hybridized carbons (Fsp3) is 0. The fourth-order valence-electron chi connectivity index (χ4n) is 1.37. The number of phenolic OH excluding ortho intramolecular Hbond substituents is 1. The van der Waals surface area contributed by atoms with Gasteiger partial charge in [-0.2, -0.15) is 0 Å². The van der Waals surface area contributed by atoms with E-state index in [9.17, 15) is 9.90 Å². The minimum Gasteiger partial charge on any atom is -0.508 e. The molecule has 1 aromatic heterocycles. The zero-order valence-electron chi connectivity index (χ0n) is 7.77. The molecule has 0 amide bonds. The highest BCUT2D eigenvalue weighted by atomic mass is 16.4. The van der Waals surface area contributed by atoms with Gasteiger partial charge in [0.1, 0.15) is 11.4 Å². The van der Waals surface area contributed by atoms with Gasteiger partial charge in [0.15, 0.2) is 0 Å². The number of aromatic carboxylic acids is 1. The second kappa shape index (κ2) is 3.49. The molecule has 0 saturated heterocycles. The molecule has 0 fully saturated rings. The van der Waals surface area contributed by atoms with Gasteiger partial charge in [0.05, 0.1) is 0 Å². The number of carboxylic acid groups (broad SMARTS) is 1. The van der Waals surface area contributed by atoms with Crippen LogP contribution in [0.5, 0.6) is 5.75 Å². The molecule has 0 atom stereocenters. The monoisotopic (exact) mass is 203 g/mol. The van der Waals surface area contributed by atoms with E-state index in [1.165, 1.54) is 6.07 Å². The molecule has 0 bridgehead atoms. The number of nitrogens with one attached hydrogen (secondary N) is 1. The van der Waals surface area contributed by atoms with E-state index in [1.54, 1.807) is 30.5 Å². The van der Waals surface area contributed by atoms with Crippen molar-refractivity contribution in [1.29, 1.82) is 0 Å². The first-order chi connectivity index (χ1) is 7.16. The molecule has 2 aromatic rings. The number of H-pyrrole nitrogens is 1. The van der Waals surface area contributed by atoms with Crippen LogP contribution in [0.2, 0.25) is 0 Å². The van der Waals surface area contributed by atoms with Crippen LogP contribution < -0.4 is 0 Å². The van der Waals surface area contributed by atoms with Crippen molar-refractivity contribution in [3.05, 3.63) is 42.2 Å². The smallest absolute Gasteiger partial charge is 0.352 e. The van der Waals surface area contributed by atoms with E-state index in [-0.39, 0.29) is 11.4 Å². The number of hydrogen-bond donors (Lipinski definition) is 3. The maximum absolute atomic E-state index is 10.6. The molecule has 1 heterocycles. The number of carboxylic acids is 1. The Morgan fingerprint density at radius 3 is 2.60 bits per heavy atom. The van der Waals surface area contributed by atoms with Crippen molar-refractivity contribution in [1.82, 2.24) is 4.98 Å². The van der Waals surface area contributed by atoms with Gasteiger partial charge in [-0.05, 0) is 23.8 Å². The number of carbonyl (C=O) groups is 1. The number of hydrogen-bond acceptors (Lipinski definition) is 2. The van der Waals surface area contributed by atoms with Gasteiger partial charge in [0.25, 0.3) is 0 Å². The number of benzene rings is 1. The first kappa shape index (κ1) is 9.33. The maximum Gasteiger partial charge on any atom is 0.352 e. The number of rotatable bonds is 2. The second-order valence-electron chi connectivity index (χ2n) is 3.16. The van der Waals surface area contributed by atoms with E-state index in [1.807, 2.05) is 0 Å². The Hall–Kier alpha value is -2.23. The third kappa shape index (κ3) is 1.83. The molecule has 15 heavy (non-hydrogen) atoms. The van der Waals surface area contributed by atoms with Crippen LogP contribution in [0.25, 0.3) is 11.1 Å². The van der Waals surface area contributed by atoms with Crippen molar-refractivity contribution >= 4 is 5.97 Å². The molecule has 3 N–H and O–H groups in total. The summed E-state index contributed by atoms with van der Waals surface area (Å²) in [7, 11) is 0. The van der Waals surface area contributed by atoms with Crippen LogP contribution >= 0.6 is 0 Å². The van der Waals surface area contributed by atoms with E-state index < -0.39 is 5.97 Å². The lowest BCUT2D eigenvalue weighted by atomic mass is 10.1. The van der Waals surface area contributed by atoms with Gasteiger partial charge in [-0.15, -0.1) is 0 Å².